The number of hydrogen-bond donors (Lipinski definition) is 3. The third kappa shape index (κ3) is 7.28. The smallest absolute Gasteiger partial charge is 0.0180 e. The van der Waals surface area contributed by atoms with Crippen molar-refractivity contribution in [3.63, 3.8) is 0 Å². The van der Waals surface area contributed by atoms with Crippen LogP contribution in [0.5, 0.6) is 0 Å². The van der Waals surface area contributed by atoms with Crippen molar-refractivity contribution in [1.82, 2.24) is 10.6 Å². The van der Waals surface area contributed by atoms with Crippen LogP contribution in [0.1, 0.15) is 38.2 Å². The molecule has 1 saturated carbocycles. The maximum absolute atomic E-state index is 5.70. The summed E-state index contributed by atoms with van der Waals surface area (Å²) in [5.41, 5.74) is 9.44. The first kappa shape index (κ1) is 20.6. The normalized spacial score (nSPS) is 21.6. The summed E-state index contributed by atoms with van der Waals surface area (Å²) < 4.78 is 0. The molecule has 0 aliphatic heterocycles. The number of nitrogens with one attached hydrogen (secondary N) is 2. The Morgan fingerprint density at radius 1 is 1.12 bits per heavy atom. The van der Waals surface area contributed by atoms with Crippen molar-refractivity contribution < 1.29 is 0 Å². The number of benzene rings is 1. The van der Waals surface area contributed by atoms with Crippen LogP contribution >= 0.6 is 0 Å². The molecule has 26 heavy (non-hydrogen) atoms. The van der Waals surface area contributed by atoms with Gasteiger partial charge in [0.1, 0.15) is 0 Å². The van der Waals surface area contributed by atoms with Crippen molar-refractivity contribution in [2.45, 2.75) is 51.1 Å². The van der Waals surface area contributed by atoms with E-state index in [0.717, 1.165) is 25.1 Å². The van der Waals surface area contributed by atoms with Gasteiger partial charge in [-0.3, -0.25) is 0 Å². The van der Waals surface area contributed by atoms with Crippen LogP contribution in [-0.2, 0) is 6.42 Å². The third-order valence-corrected chi connectivity index (χ3v) is 5.28. The van der Waals surface area contributed by atoms with E-state index < -0.39 is 0 Å². The van der Waals surface area contributed by atoms with Gasteiger partial charge in [-0.1, -0.05) is 55.1 Å². The Morgan fingerprint density at radius 3 is 2.38 bits per heavy atom. The van der Waals surface area contributed by atoms with E-state index in [9.17, 15) is 0 Å². The fourth-order valence-corrected chi connectivity index (χ4v) is 3.55. The highest BCUT2D eigenvalue weighted by Crippen LogP contribution is 2.18. The molecule has 0 amide bonds. The van der Waals surface area contributed by atoms with Crippen molar-refractivity contribution in [2.75, 3.05) is 19.6 Å². The van der Waals surface area contributed by atoms with E-state index in [-0.39, 0.29) is 0 Å². The van der Waals surface area contributed by atoms with E-state index in [2.05, 4.69) is 66.6 Å². The molecule has 1 aromatic carbocycles. The second kappa shape index (κ2) is 11.8. The van der Waals surface area contributed by atoms with Gasteiger partial charge in [0, 0.05) is 25.2 Å². The van der Waals surface area contributed by atoms with Crippen molar-refractivity contribution >= 4 is 0 Å². The lowest BCUT2D eigenvalue weighted by Crippen LogP contribution is -2.40. The molecule has 0 radical (unpaired) electrons. The molecule has 0 heterocycles. The molecule has 142 valence electrons. The molecule has 0 spiro atoms. The van der Waals surface area contributed by atoms with E-state index in [0.29, 0.717) is 18.6 Å². The zero-order valence-corrected chi connectivity index (χ0v) is 16.2. The highest BCUT2D eigenvalue weighted by molar-refractivity contribution is 5.31. The SMILES string of the molecule is C=C/C(CN)=C(C)\C=C/CNC1CCC(NCCc2ccccc2)CC1. The summed E-state index contributed by atoms with van der Waals surface area (Å²) in [4.78, 5) is 0. The molecular formula is C23H35N3. The van der Waals surface area contributed by atoms with Gasteiger partial charge in [-0.15, -0.1) is 0 Å². The minimum atomic E-state index is 0.550. The Bertz CT molecular complexity index is 581. The molecule has 0 unspecified atom stereocenters. The zero-order valence-electron chi connectivity index (χ0n) is 16.2. The van der Waals surface area contributed by atoms with E-state index in [1.807, 2.05) is 6.08 Å². The fraction of sp³-hybridized carbons (Fsp3) is 0.478. The molecule has 1 aliphatic rings. The quantitative estimate of drug-likeness (QED) is 0.562. The Kier molecular flexibility index (Phi) is 9.40. The number of hydrogen-bond acceptors (Lipinski definition) is 3. The maximum Gasteiger partial charge on any atom is 0.0180 e. The first-order valence-corrected chi connectivity index (χ1v) is 9.92. The van der Waals surface area contributed by atoms with Gasteiger partial charge in [0.15, 0.2) is 0 Å². The summed E-state index contributed by atoms with van der Waals surface area (Å²) in [5.74, 6) is 0. The lowest BCUT2D eigenvalue weighted by atomic mass is 9.91. The van der Waals surface area contributed by atoms with Crippen molar-refractivity contribution in [3.05, 3.63) is 71.8 Å². The van der Waals surface area contributed by atoms with E-state index in [1.54, 1.807) is 0 Å². The van der Waals surface area contributed by atoms with Gasteiger partial charge < -0.3 is 16.4 Å². The molecule has 0 aromatic heterocycles. The van der Waals surface area contributed by atoms with Crippen LogP contribution in [0, 0.1) is 0 Å². The summed E-state index contributed by atoms with van der Waals surface area (Å²) in [6.45, 7) is 8.44. The standard InChI is InChI=1S/C23H35N3/c1-3-21(18-24)19(2)8-7-16-25-22-11-13-23(14-12-22)26-17-15-20-9-5-4-6-10-20/h3-10,22-23,25-26H,1,11-18,24H2,2H3/b8-7-,21-19+. The molecule has 1 aromatic rings. The summed E-state index contributed by atoms with van der Waals surface area (Å²) in [6, 6.07) is 12.0. The molecule has 1 aliphatic carbocycles. The number of nitrogens with two attached hydrogens (primary N) is 1. The number of rotatable bonds is 10. The van der Waals surface area contributed by atoms with Gasteiger partial charge in [0.25, 0.3) is 0 Å². The molecule has 3 nitrogen and oxygen atoms in total. The minimum absolute atomic E-state index is 0.550. The highest BCUT2D eigenvalue weighted by atomic mass is 14.9. The molecule has 2 rings (SSSR count). The summed E-state index contributed by atoms with van der Waals surface area (Å²) in [7, 11) is 0. The van der Waals surface area contributed by atoms with Gasteiger partial charge in [-0.2, -0.15) is 0 Å². The van der Waals surface area contributed by atoms with Crippen molar-refractivity contribution in [1.29, 1.82) is 0 Å². The van der Waals surface area contributed by atoms with E-state index in [1.165, 1.54) is 36.8 Å². The van der Waals surface area contributed by atoms with E-state index in [4.69, 9.17) is 5.73 Å². The first-order chi connectivity index (χ1) is 12.7. The lowest BCUT2D eigenvalue weighted by molar-refractivity contribution is 0.314. The average Bonchev–Trinajstić information content (AvgIpc) is 2.68. The van der Waals surface area contributed by atoms with Crippen LogP contribution in [0.2, 0.25) is 0 Å². The summed E-state index contributed by atoms with van der Waals surface area (Å²) in [5, 5.41) is 7.39. The van der Waals surface area contributed by atoms with Crippen LogP contribution in [0.15, 0.2) is 66.3 Å². The monoisotopic (exact) mass is 353 g/mol. The first-order valence-electron chi connectivity index (χ1n) is 9.92. The van der Waals surface area contributed by atoms with Crippen LogP contribution in [0.4, 0.5) is 0 Å². The molecule has 3 heteroatoms. The molecule has 0 bridgehead atoms. The van der Waals surface area contributed by atoms with Gasteiger partial charge in [0.2, 0.25) is 0 Å². The lowest BCUT2D eigenvalue weighted by Gasteiger charge is -2.29. The summed E-state index contributed by atoms with van der Waals surface area (Å²) in [6.07, 6.45) is 12.3. The Labute approximate surface area is 159 Å². The van der Waals surface area contributed by atoms with Crippen LogP contribution in [0.25, 0.3) is 0 Å². The Balaban J connectivity index is 1.60. The number of allylic oxidation sites excluding steroid dienone is 2. The Morgan fingerprint density at radius 2 is 1.77 bits per heavy atom. The predicted molar refractivity (Wildman–Crippen MR) is 113 cm³/mol. The minimum Gasteiger partial charge on any atom is -0.326 e. The molecular weight excluding hydrogens is 318 g/mol. The topological polar surface area (TPSA) is 50.1 Å². The predicted octanol–water partition coefficient (Wildman–Crippen LogP) is 3.74. The van der Waals surface area contributed by atoms with Crippen LogP contribution in [-0.4, -0.2) is 31.7 Å². The molecule has 0 atom stereocenters. The molecule has 1 fully saturated rings. The second-order valence-corrected chi connectivity index (χ2v) is 7.17. The van der Waals surface area contributed by atoms with Gasteiger partial charge in [-0.25, -0.2) is 0 Å². The van der Waals surface area contributed by atoms with E-state index >= 15 is 0 Å². The average molecular weight is 354 g/mol. The van der Waals surface area contributed by atoms with Crippen LogP contribution in [0.3, 0.4) is 0 Å². The van der Waals surface area contributed by atoms with Crippen molar-refractivity contribution in [3.8, 4) is 0 Å². The zero-order chi connectivity index (χ0) is 18.6. The Hall–Kier alpha value is -1.68. The molecule has 4 N–H and O–H groups in total. The van der Waals surface area contributed by atoms with Gasteiger partial charge in [0.05, 0.1) is 0 Å². The highest BCUT2D eigenvalue weighted by Gasteiger charge is 2.19. The molecule has 0 saturated heterocycles. The van der Waals surface area contributed by atoms with Gasteiger partial charge in [-0.05, 0) is 62.3 Å². The third-order valence-electron chi connectivity index (χ3n) is 5.28. The maximum atomic E-state index is 5.70. The summed E-state index contributed by atoms with van der Waals surface area (Å²) >= 11 is 0. The fourth-order valence-electron chi connectivity index (χ4n) is 3.55. The van der Waals surface area contributed by atoms with Gasteiger partial charge >= 0.3 is 0 Å². The largest absolute Gasteiger partial charge is 0.326 e. The second-order valence-electron chi connectivity index (χ2n) is 7.17. The van der Waals surface area contributed by atoms with Crippen molar-refractivity contribution in [2.24, 2.45) is 5.73 Å². The van der Waals surface area contributed by atoms with Crippen LogP contribution < -0.4 is 16.4 Å².